The van der Waals surface area contributed by atoms with E-state index in [4.69, 9.17) is 13.6 Å². The number of benzene rings is 1. The SMILES string of the molecule is COCCCNC(=O)CCc1c(C)c2cc3c(C)c(C)oc3c(C)c2oc1=O. The molecule has 0 aliphatic heterocycles. The minimum absolute atomic E-state index is 0.0806. The maximum Gasteiger partial charge on any atom is 0.339 e. The van der Waals surface area contributed by atoms with Crippen molar-refractivity contribution in [3.63, 3.8) is 0 Å². The van der Waals surface area contributed by atoms with Gasteiger partial charge >= 0.3 is 5.63 Å². The van der Waals surface area contributed by atoms with Crippen LogP contribution < -0.4 is 10.9 Å². The predicted octanol–water partition coefficient (Wildman–Crippen LogP) is 3.86. The predicted molar refractivity (Wildman–Crippen MR) is 109 cm³/mol. The van der Waals surface area contributed by atoms with Crippen LogP contribution >= 0.6 is 0 Å². The summed E-state index contributed by atoms with van der Waals surface area (Å²) in [4.78, 5) is 24.6. The number of methoxy groups -OCH3 is 1. The molecule has 0 saturated carbocycles. The van der Waals surface area contributed by atoms with Gasteiger partial charge in [0.15, 0.2) is 0 Å². The summed E-state index contributed by atoms with van der Waals surface area (Å²) in [6, 6.07) is 2.02. The molecule has 0 saturated heterocycles. The van der Waals surface area contributed by atoms with Crippen LogP contribution in [0.4, 0.5) is 0 Å². The van der Waals surface area contributed by atoms with Crippen molar-refractivity contribution in [3.05, 3.63) is 44.5 Å². The number of hydrogen-bond acceptors (Lipinski definition) is 5. The number of amides is 1. The molecule has 6 heteroatoms. The van der Waals surface area contributed by atoms with E-state index in [1.54, 1.807) is 7.11 Å². The number of ether oxygens (including phenoxy) is 1. The number of carbonyl (C=O) groups excluding carboxylic acids is 1. The third kappa shape index (κ3) is 3.69. The Hall–Kier alpha value is -2.60. The maximum atomic E-state index is 12.6. The lowest BCUT2D eigenvalue weighted by Gasteiger charge is -2.10. The second-order valence-electron chi connectivity index (χ2n) is 7.23. The smallest absolute Gasteiger partial charge is 0.339 e. The van der Waals surface area contributed by atoms with E-state index in [1.165, 1.54) is 0 Å². The third-order valence-corrected chi connectivity index (χ3v) is 5.39. The zero-order chi connectivity index (χ0) is 20.4. The van der Waals surface area contributed by atoms with Gasteiger partial charge in [0.25, 0.3) is 0 Å². The van der Waals surface area contributed by atoms with Crippen LogP contribution in [0.5, 0.6) is 0 Å². The maximum absolute atomic E-state index is 12.6. The quantitative estimate of drug-likeness (QED) is 0.493. The van der Waals surface area contributed by atoms with Crippen molar-refractivity contribution in [2.75, 3.05) is 20.3 Å². The van der Waals surface area contributed by atoms with Crippen LogP contribution in [0.3, 0.4) is 0 Å². The highest BCUT2D eigenvalue weighted by molar-refractivity contribution is 6.00. The first-order chi connectivity index (χ1) is 13.3. The van der Waals surface area contributed by atoms with Gasteiger partial charge in [-0.2, -0.15) is 0 Å². The Kier molecular flexibility index (Phi) is 5.89. The fourth-order valence-corrected chi connectivity index (χ4v) is 3.55. The summed E-state index contributed by atoms with van der Waals surface area (Å²) in [5, 5.41) is 4.76. The molecule has 0 aliphatic rings. The molecule has 2 aromatic heterocycles. The highest BCUT2D eigenvalue weighted by Gasteiger charge is 2.19. The average Bonchev–Trinajstić information content (AvgIpc) is 2.95. The molecule has 0 bridgehead atoms. The van der Waals surface area contributed by atoms with Crippen molar-refractivity contribution < 1.29 is 18.4 Å². The van der Waals surface area contributed by atoms with E-state index in [-0.39, 0.29) is 18.0 Å². The van der Waals surface area contributed by atoms with E-state index in [1.807, 2.05) is 33.8 Å². The number of fused-ring (bicyclic) bond motifs is 2. The number of aryl methyl sites for hydroxylation is 4. The van der Waals surface area contributed by atoms with Gasteiger partial charge in [0.05, 0.1) is 0 Å². The lowest BCUT2D eigenvalue weighted by molar-refractivity contribution is -0.121. The van der Waals surface area contributed by atoms with Gasteiger partial charge in [-0.1, -0.05) is 0 Å². The molecule has 3 aromatic rings. The fourth-order valence-electron chi connectivity index (χ4n) is 3.55. The van der Waals surface area contributed by atoms with Gasteiger partial charge in [0, 0.05) is 48.6 Å². The number of carbonyl (C=O) groups is 1. The first-order valence-electron chi connectivity index (χ1n) is 9.56. The van der Waals surface area contributed by atoms with Gasteiger partial charge in [-0.25, -0.2) is 4.79 Å². The van der Waals surface area contributed by atoms with Crippen LogP contribution in [-0.4, -0.2) is 26.2 Å². The molecule has 28 heavy (non-hydrogen) atoms. The van der Waals surface area contributed by atoms with Crippen molar-refractivity contribution in [1.82, 2.24) is 5.32 Å². The topological polar surface area (TPSA) is 81.7 Å². The van der Waals surface area contributed by atoms with Gasteiger partial charge in [-0.05, 0) is 57.7 Å². The molecular weight excluding hydrogens is 358 g/mol. The molecule has 0 fully saturated rings. The zero-order valence-corrected chi connectivity index (χ0v) is 17.2. The monoisotopic (exact) mass is 385 g/mol. The standard InChI is InChI=1S/C22H27NO5/c1-12-15(4)27-20-14(3)21-18(11-17(12)20)13(2)16(22(25)28-21)7-8-19(24)23-9-6-10-26-5/h11H,6-10H2,1-5H3,(H,23,24). The molecule has 0 spiro atoms. The van der Waals surface area contributed by atoms with Crippen molar-refractivity contribution in [1.29, 1.82) is 0 Å². The van der Waals surface area contributed by atoms with E-state index in [9.17, 15) is 9.59 Å². The van der Waals surface area contributed by atoms with Crippen molar-refractivity contribution in [2.24, 2.45) is 0 Å². The van der Waals surface area contributed by atoms with Gasteiger partial charge in [0.2, 0.25) is 5.91 Å². The average molecular weight is 385 g/mol. The summed E-state index contributed by atoms with van der Waals surface area (Å²) < 4.78 is 16.5. The van der Waals surface area contributed by atoms with Gasteiger partial charge in [0.1, 0.15) is 16.9 Å². The van der Waals surface area contributed by atoms with Gasteiger partial charge < -0.3 is 18.9 Å². The fraction of sp³-hybridized carbons (Fsp3) is 0.455. The molecule has 150 valence electrons. The van der Waals surface area contributed by atoms with E-state index in [0.717, 1.165) is 45.2 Å². The molecule has 6 nitrogen and oxygen atoms in total. The molecule has 0 aliphatic carbocycles. The van der Waals surface area contributed by atoms with Crippen LogP contribution in [0.15, 0.2) is 19.7 Å². The first kappa shape index (κ1) is 20.1. The zero-order valence-electron chi connectivity index (χ0n) is 17.2. The van der Waals surface area contributed by atoms with Crippen LogP contribution in [0, 0.1) is 27.7 Å². The summed E-state index contributed by atoms with van der Waals surface area (Å²) in [5.74, 6) is 0.779. The summed E-state index contributed by atoms with van der Waals surface area (Å²) >= 11 is 0. The van der Waals surface area contributed by atoms with E-state index < -0.39 is 0 Å². The Balaban J connectivity index is 1.92. The van der Waals surface area contributed by atoms with Crippen LogP contribution in [0.2, 0.25) is 0 Å². The Bertz CT molecular complexity index is 1090. The molecule has 0 unspecified atom stereocenters. The number of furan rings is 1. The normalized spacial score (nSPS) is 11.5. The molecule has 1 N–H and O–H groups in total. The molecule has 1 aromatic carbocycles. The second-order valence-corrected chi connectivity index (χ2v) is 7.23. The molecule has 3 rings (SSSR count). The number of hydrogen-bond donors (Lipinski definition) is 1. The molecule has 0 radical (unpaired) electrons. The first-order valence-corrected chi connectivity index (χ1v) is 9.56. The number of rotatable bonds is 7. The second kappa shape index (κ2) is 8.19. The summed E-state index contributed by atoms with van der Waals surface area (Å²) in [7, 11) is 1.63. The Morgan fingerprint density at radius 3 is 2.43 bits per heavy atom. The van der Waals surface area contributed by atoms with Crippen molar-refractivity contribution >= 4 is 27.8 Å². The van der Waals surface area contributed by atoms with Crippen molar-refractivity contribution in [3.8, 4) is 0 Å². The minimum Gasteiger partial charge on any atom is -0.461 e. The Morgan fingerprint density at radius 1 is 1.04 bits per heavy atom. The highest BCUT2D eigenvalue weighted by Crippen LogP contribution is 2.34. The van der Waals surface area contributed by atoms with Crippen LogP contribution in [0.25, 0.3) is 21.9 Å². The van der Waals surface area contributed by atoms with Crippen molar-refractivity contribution in [2.45, 2.75) is 47.0 Å². The lowest BCUT2D eigenvalue weighted by Crippen LogP contribution is -2.26. The summed E-state index contributed by atoms with van der Waals surface area (Å²) in [6.07, 6.45) is 1.36. The van der Waals surface area contributed by atoms with E-state index >= 15 is 0 Å². The molecular formula is C22H27NO5. The Labute approximate surface area is 163 Å². The summed E-state index contributed by atoms with van der Waals surface area (Å²) in [5.41, 5.74) is 4.25. The largest absolute Gasteiger partial charge is 0.461 e. The minimum atomic E-state index is -0.389. The molecule has 1 amide bonds. The molecule has 2 heterocycles. The highest BCUT2D eigenvalue weighted by atomic mass is 16.5. The Morgan fingerprint density at radius 2 is 1.71 bits per heavy atom. The molecule has 0 atom stereocenters. The van der Waals surface area contributed by atoms with E-state index in [0.29, 0.717) is 30.7 Å². The lowest BCUT2D eigenvalue weighted by atomic mass is 9.98. The van der Waals surface area contributed by atoms with Gasteiger partial charge in [-0.15, -0.1) is 0 Å². The van der Waals surface area contributed by atoms with E-state index in [2.05, 4.69) is 5.32 Å². The number of nitrogens with one attached hydrogen (secondary N) is 1. The van der Waals surface area contributed by atoms with Crippen LogP contribution in [0.1, 0.15) is 40.9 Å². The summed E-state index contributed by atoms with van der Waals surface area (Å²) in [6.45, 7) is 8.94. The van der Waals surface area contributed by atoms with Gasteiger partial charge in [-0.3, -0.25) is 4.79 Å². The third-order valence-electron chi connectivity index (χ3n) is 5.39. The van der Waals surface area contributed by atoms with Crippen LogP contribution in [-0.2, 0) is 16.0 Å².